The molecule has 0 aliphatic carbocycles. The summed E-state index contributed by atoms with van der Waals surface area (Å²) in [5.74, 6) is -0.344. The van der Waals surface area contributed by atoms with Crippen LogP contribution >= 0.6 is 0 Å². The largest absolute Gasteiger partial charge is 0.481 e. The molecule has 22 heavy (non-hydrogen) atoms. The SMILES string of the molecule is CC(C)=CCC[C@@H](C)C/C=N/NC(=O)CCCCCC(=O)O. The Hall–Kier alpha value is -1.65. The van der Waals surface area contributed by atoms with E-state index in [-0.39, 0.29) is 12.3 Å². The zero-order chi connectivity index (χ0) is 16.8. The van der Waals surface area contributed by atoms with Crippen molar-refractivity contribution >= 4 is 18.1 Å². The highest BCUT2D eigenvalue weighted by atomic mass is 16.4. The Balaban J connectivity index is 3.60. The smallest absolute Gasteiger partial charge is 0.303 e. The molecular formula is C17H30N2O3. The van der Waals surface area contributed by atoms with Gasteiger partial charge < -0.3 is 5.11 Å². The van der Waals surface area contributed by atoms with Gasteiger partial charge in [-0.15, -0.1) is 0 Å². The van der Waals surface area contributed by atoms with E-state index in [4.69, 9.17) is 5.11 Å². The van der Waals surface area contributed by atoms with Crippen molar-refractivity contribution in [2.45, 2.75) is 72.1 Å². The summed E-state index contributed by atoms with van der Waals surface area (Å²) in [4.78, 5) is 21.8. The van der Waals surface area contributed by atoms with E-state index in [1.807, 2.05) is 0 Å². The van der Waals surface area contributed by atoms with E-state index in [0.717, 1.165) is 25.7 Å². The molecule has 0 aromatic heterocycles. The minimum absolute atomic E-state index is 0.108. The molecule has 0 radical (unpaired) electrons. The second kappa shape index (κ2) is 13.0. The summed E-state index contributed by atoms with van der Waals surface area (Å²) in [6.07, 6.45) is 9.70. The number of amides is 1. The number of hydrazone groups is 1. The first-order chi connectivity index (χ1) is 10.4. The summed E-state index contributed by atoms with van der Waals surface area (Å²) in [6.45, 7) is 6.38. The predicted octanol–water partition coefficient (Wildman–Crippen LogP) is 3.90. The number of carbonyl (C=O) groups excluding carboxylic acids is 1. The number of nitrogens with zero attached hydrogens (tertiary/aromatic N) is 1. The molecule has 0 saturated carbocycles. The van der Waals surface area contributed by atoms with E-state index in [0.29, 0.717) is 25.2 Å². The van der Waals surface area contributed by atoms with E-state index in [2.05, 4.69) is 37.4 Å². The van der Waals surface area contributed by atoms with Crippen LogP contribution in [0.5, 0.6) is 0 Å². The molecule has 1 amide bonds. The Morgan fingerprint density at radius 1 is 1.18 bits per heavy atom. The van der Waals surface area contributed by atoms with Crippen LogP contribution in [0.4, 0.5) is 0 Å². The number of hydrogen-bond acceptors (Lipinski definition) is 3. The zero-order valence-electron chi connectivity index (χ0n) is 14.1. The van der Waals surface area contributed by atoms with Crippen LogP contribution in [-0.4, -0.2) is 23.2 Å². The van der Waals surface area contributed by atoms with Gasteiger partial charge in [0.05, 0.1) is 0 Å². The molecule has 0 unspecified atom stereocenters. The number of aliphatic carboxylic acids is 1. The monoisotopic (exact) mass is 310 g/mol. The average molecular weight is 310 g/mol. The van der Waals surface area contributed by atoms with Gasteiger partial charge in [-0.3, -0.25) is 9.59 Å². The first-order valence-electron chi connectivity index (χ1n) is 8.07. The summed E-state index contributed by atoms with van der Waals surface area (Å²) in [5.41, 5.74) is 3.86. The van der Waals surface area contributed by atoms with Gasteiger partial charge >= 0.3 is 5.97 Å². The third kappa shape index (κ3) is 14.8. The summed E-state index contributed by atoms with van der Waals surface area (Å²) >= 11 is 0. The van der Waals surface area contributed by atoms with Gasteiger partial charge in [0.15, 0.2) is 0 Å². The van der Waals surface area contributed by atoms with Gasteiger partial charge in [-0.05, 0) is 51.9 Å². The molecule has 0 aromatic carbocycles. The van der Waals surface area contributed by atoms with E-state index >= 15 is 0 Å². The average Bonchev–Trinajstić information content (AvgIpc) is 2.42. The van der Waals surface area contributed by atoms with Gasteiger partial charge in [-0.25, -0.2) is 5.43 Å². The van der Waals surface area contributed by atoms with Crippen molar-refractivity contribution in [1.29, 1.82) is 0 Å². The predicted molar refractivity (Wildman–Crippen MR) is 89.8 cm³/mol. The third-order valence-corrected chi connectivity index (χ3v) is 3.29. The van der Waals surface area contributed by atoms with Gasteiger partial charge in [0, 0.05) is 19.1 Å². The van der Waals surface area contributed by atoms with Crippen molar-refractivity contribution in [2.75, 3.05) is 0 Å². The molecule has 0 heterocycles. The maximum absolute atomic E-state index is 11.5. The van der Waals surface area contributed by atoms with Gasteiger partial charge in [0.2, 0.25) is 5.91 Å². The fraction of sp³-hybridized carbons (Fsp3) is 0.706. The highest BCUT2D eigenvalue weighted by molar-refractivity contribution is 5.76. The molecule has 5 heteroatoms. The number of carboxylic acids is 1. The topological polar surface area (TPSA) is 78.8 Å². The Morgan fingerprint density at radius 3 is 2.50 bits per heavy atom. The van der Waals surface area contributed by atoms with Gasteiger partial charge in [0.1, 0.15) is 0 Å². The van der Waals surface area contributed by atoms with Gasteiger partial charge in [0.25, 0.3) is 0 Å². The molecule has 0 saturated heterocycles. The summed E-state index contributed by atoms with van der Waals surface area (Å²) < 4.78 is 0. The number of allylic oxidation sites excluding steroid dienone is 2. The van der Waals surface area contributed by atoms with Crippen molar-refractivity contribution in [3.05, 3.63) is 11.6 Å². The minimum Gasteiger partial charge on any atom is -0.481 e. The van der Waals surface area contributed by atoms with Crippen LogP contribution in [0.25, 0.3) is 0 Å². The highest BCUT2D eigenvalue weighted by Crippen LogP contribution is 2.10. The molecule has 1 atom stereocenters. The van der Waals surface area contributed by atoms with Crippen LogP contribution in [0, 0.1) is 5.92 Å². The molecule has 0 aliphatic rings. The Labute approximate surface area is 133 Å². The maximum Gasteiger partial charge on any atom is 0.303 e. The number of rotatable bonds is 12. The molecule has 5 nitrogen and oxygen atoms in total. The first kappa shape index (κ1) is 20.3. The van der Waals surface area contributed by atoms with Crippen LogP contribution in [0.15, 0.2) is 16.8 Å². The summed E-state index contributed by atoms with van der Waals surface area (Å²) in [7, 11) is 0. The maximum atomic E-state index is 11.5. The van der Waals surface area contributed by atoms with E-state index < -0.39 is 5.97 Å². The molecule has 0 aliphatic heterocycles. The van der Waals surface area contributed by atoms with E-state index in [1.54, 1.807) is 6.21 Å². The lowest BCUT2D eigenvalue weighted by Gasteiger charge is -2.06. The third-order valence-electron chi connectivity index (χ3n) is 3.29. The Morgan fingerprint density at radius 2 is 1.86 bits per heavy atom. The second-order valence-electron chi connectivity index (χ2n) is 6.00. The van der Waals surface area contributed by atoms with Crippen LogP contribution in [0.1, 0.15) is 72.1 Å². The molecule has 2 N–H and O–H groups in total. The number of hydrogen-bond donors (Lipinski definition) is 2. The van der Waals surface area contributed by atoms with Gasteiger partial charge in [-0.1, -0.05) is 25.0 Å². The lowest BCUT2D eigenvalue weighted by molar-refractivity contribution is -0.137. The molecular weight excluding hydrogens is 280 g/mol. The molecule has 0 fully saturated rings. The molecule has 126 valence electrons. The number of nitrogens with one attached hydrogen (secondary N) is 1. The number of carbonyl (C=O) groups is 2. The van der Waals surface area contributed by atoms with Crippen molar-refractivity contribution in [1.82, 2.24) is 5.43 Å². The van der Waals surface area contributed by atoms with Crippen LogP contribution < -0.4 is 5.43 Å². The number of unbranched alkanes of at least 4 members (excludes halogenated alkanes) is 2. The van der Waals surface area contributed by atoms with E-state index in [1.165, 1.54) is 5.57 Å². The number of carboxylic acid groups (broad SMARTS) is 1. The van der Waals surface area contributed by atoms with Crippen molar-refractivity contribution in [3.8, 4) is 0 Å². The Bertz CT molecular complexity index is 385. The van der Waals surface area contributed by atoms with Crippen molar-refractivity contribution < 1.29 is 14.7 Å². The second-order valence-corrected chi connectivity index (χ2v) is 6.00. The van der Waals surface area contributed by atoms with E-state index in [9.17, 15) is 9.59 Å². The quantitative estimate of drug-likeness (QED) is 0.248. The Kier molecular flexibility index (Phi) is 12.1. The molecule has 0 aromatic rings. The van der Waals surface area contributed by atoms with Crippen LogP contribution in [0.3, 0.4) is 0 Å². The zero-order valence-corrected chi connectivity index (χ0v) is 14.1. The fourth-order valence-electron chi connectivity index (χ4n) is 1.92. The summed E-state index contributed by atoms with van der Waals surface area (Å²) in [6, 6.07) is 0. The lowest BCUT2D eigenvalue weighted by atomic mass is 10.0. The van der Waals surface area contributed by atoms with Crippen LogP contribution in [-0.2, 0) is 9.59 Å². The fourth-order valence-corrected chi connectivity index (χ4v) is 1.92. The standard InChI is InChI=1S/C17H30N2O3/c1-14(2)8-7-9-15(3)12-13-18-19-16(20)10-5-4-6-11-17(21)22/h8,13,15H,4-7,9-12H2,1-3H3,(H,19,20)(H,21,22)/b18-13+/t15-/m1/s1. The lowest BCUT2D eigenvalue weighted by Crippen LogP contribution is -2.17. The highest BCUT2D eigenvalue weighted by Gasteiger charge is 2.02. The molecule has 0 bridgehead atoms. The summed E-state index contributed by atoms with van der Waals surface area (Å²) in [5, 5.41) is 12.4. The molecule has 0 spiro atoms. The van der Waals surface area contributed by atoms with Gasteiger partial charge in [-0.2, -0.15) is 5.10 Å². The minimum atomic E-state index is -0.784. The first-order valence-corrected chi connectivity index (χ1v) is 8.07. The van der Waals surface area contributed by atoms with Crippen LogP contribution in [0.2, 0.25) is 0 Å². The van der Waals surface area contributed by atoms with Crippen molar-refractivity contribution in [2.24, 2.45) is 11.0 Å². The molecule has 0 rings (SSSR count). The van der Waals surface area contributed by atoms with Crippen molar-refractivity contribution in [3.63, 3.8) is 0 Å². The normalized spacial score (nSPS) is 12.1.